The molecule has 1 heterocycles. The van der Waals surface area contributed by atoms with Crippen molar-refractivity contribution in [2.75, 3.05) is 5.32 Å². The van der Waals surface area contributed by atoms with Crippen molar-refractivity contribution in [3.63, 3.8) is 0 Å². The zero-order valence-electron chi connectivity index (χ0n) is 11.4. The quantitative estimate of drug-likeness (QED) is 0.925. The van der Waals surface area contributed by atoms with Crippen LogP contribution in [0.4, 0.5) is 5.82 Å². The van der Waals surface area contributed by atoms with Crippen molar-refractivity contribution in [1.29, 1.82) is 0 Å². The zero-order valence-corrected chi connectivity index (χ0v) is 13.0. The minimum atomic E-state index is -1.03. The SMILES string of the molecule is Cc1cc(NC(=O)C(C)(C)Oc2ccc(Br)cc2)no1. The number of nitrogens with one attached hydrogen (secondary N) is 1. The molecule has 0 aliphatic heterocycles. The van der Waals surface area contributed by atoms with E-state index < -0.39 is 5.60 Å². The molecule has 0 aliphatic rings. The van der Waals surface area contributed by atoms with Crippen molar-refractivity contribution in [3.8, 4) is 5.75 Å². The van der Waals surface area contributed by atoms with E-state index in [0.29, 0.717) is 17.3 Å². The Labute approximate surface area is 125 Å². The first-order valence-electron chi connectivity index (χ1n) is 6.06. The third-order valence-electron chi connectivity index (χ3n) is 2.60. The van der Waals surface area contributed by atoms with Gasteiger partial charge >= 0.3 is 0 Å². The molecule has 1 amide bonds. The molecule has 0 aliphatic carbocycles. The van der Waals surface area contributed by atoms with Crippen LogP contribution in [0.2, 0.25) is 0 Å². The maximum atomic E-state index is 12.2. The zero-order chi connectivity index (χ0) is 14.8. The van der Waals surface area contributed by atoms with Gasteiger partial charge in [-0.2, -0.15) is 0 Å². The molecule has 2 rings (SSSR count). The van der Waals surface area contributed by atoms with E-state index in [1.54, 1.807) is 39.0 Å². The number of hydrogen-bond acceptors (Lipinski definition) is 4. The monoisotopic (exact) mass is 338 g/mol. The topological polar surface area (TPSA) is 64.4 Å². The molecule has 0 spiro atoms. The highest BCUT2D eigenvalue weighted by Gasteiger charge is 2.30. The second-order valence-electron chi connectivity index (χ2n) is 4.84. The van der Waals surface area contributed by atoms with E-state index in [1.165, 1.54) is 0 Å². The molecule has 0 bridgehead atoms. The summed E-state index contributed by atoms with van der Waals surface area (Å²) in [5.74, 6) is 1.32. The van der Waals surface area contributed by atoms with Crippen LogP contribution >= 0.6 is 15.9 Å². The number of rotatable bonds is 4. The van der Waals surface area contributed by atoms with Crippen molar-refractivity contribution in [2.45, 2.75) is 26.4 Å². The Morgan fingerprint density at radius 2 is 2.00 bits per heavy atom. The lowest BCUT2D eigenvalue weighted by atomic mass is 10.1. The summed E-state index contributed by atoms with van der Waals surface area (Å²) in [6.45, 7) is 5.14. The van der Waals surface area contributed by atoms with Crippen molar-refractivity contribution in [3.05, 3.63) is 40.6 Å². The first-order valence-corrected chi connectivity index (χ1v) is 6.85. The molecule has 1 aromatic carbocycles. The molecule has 0 saturated carbocycles. The van der Waals surface area contributed by atoms with E-state index in [2.05, 4.69) is 26.4 Å². The van der Waals surface area contributed by atoms with Crippen LogP contribution in [0, 0.1) is 6.92 Å². The summed E-state index contributed by atoms with van der Waals surface area (Å²) in [6.07, 6.45) is 0. The third kappa shape index (κ3) is 3.60. The Kier molecular flexibility index (Phi) is 4.13. The van der Waals surface area contributed by atoms with Crippen molar-refractivity contribution >= 4 is 27.7 Å². The van der Waals surface area contributed by atoms with Gasteiger partial charge in [0.2, 0.25) is 0 Å². The smallest absolute Gasteiger partial charge is 0.269 e. The van der Waals surface area contributed by atoms with Gasteiger partial charge in [0.05, 0.1) is 0 Å². The summed E-state index contributed by atoms with van der Waals surface area (Å²) in [5.41, 5.74) is -1.03. The van der Waals surface area contributed by atoms with Gasteiger partial charge in [0.15, 0.2) is 11.4 Å². The highest BCUT2D eigenvalue weighted by atomic mass is 79.9. The Balaban J connectivity index is 2.05. The number of nitrogens with zero attached hydrogens (tertiary/aromatic N) is 1. The molecule has 1 aromatic heterocycles. The molecule has 5 nitrogen and oxygen atoms in total. The third-order valence-corrected chi connectivity index (χ3v) is 3.13. The van der Waals surface area contributed by atoms with Gasteiger partial charge < -0.3 is 14.6 Å². The van der Waals surface area contributed by atoms with Gasteiger partial charge in [-0.05, 0) is 45.0 Å². The number of amides is 1. The molecule has 0 unspecified atom stereocenters. The van der Waals surface area contributed by atoms with E-state index in [-0.39, 0.29) is 5.91 Å². The summed E-state index contributed by atoms with van der Waals surface area (Å²) >= 11 is 3.35. The average Bonchev–Trinajstić information content (AvgIpc) is 2.77. The van der Waals surface area contributed by atoms with Crippen LogP contribution in [-0.4, -0.2) is 16.7 Å². The molecular weight excluding hydrogens is 324 g/mol. The minimum Gasteiger partial charge on any atom is -0.478 e. The maximum Gasteiger partial charge on any atom is 0.269 e. The van der Waals surface area contributed by atoms with Crippen molar-refractivity contribution in [2.24, 2.45) is 0 Å². The number of ether oxygens (including phenoxy) is 1. The largest absolute Gasteiger partial charge is 0.478 e. The Bertz CT molecular complexity index is 605. The second kappa shape index (κ2) is 5.66. The summed E-state index contributed by atoms with van der Waals surface area (Å²) < 4.78 is 11.6. The van der Waals surface area contributed by atoms with E-state index in [4.69, 9.17) is 9.26 Å². The summed E-state index contributed by atoms with van der Waals surface area (Å²) in [6, 6.07) is 8.93. The van der Waals surface area contributed by atoms with Crippen LogP contribution in [0.25, 0.3) is 0 Å². The van der Waals surface area contributed by atoms with Gasteiger partial charge in [-0.1, -0.05) is 21.1 Å². The summed E-state index contributed by atoms with van der Waals surface area (Å²) in [5, 5.41) is 6.38. The van der Waals surface area contributed by atoms with E-state index in [9.17, 15) is 4.79 Å². The van der Waals surface area contributed by atoms with Crippen LogP contribution < -0.4 is 10.1 Å². The molecule has 20 heavy (non-hydrogen) atoms. The van der Waals surface area contributed by atoms with Crippen molar-refractivity contribution < 1.29 is 14.1 Å². The number of carbonyl (C=O) groups excluding carboxylic acids is 1. The van der Waals surface area contributed by atoms with Crippen LogP contribution in [0.15, 0.2) is 39.3 Å². The first-order chi connectivity index (χ1) is 9.37. The molecule has 1 N–H and O–H groups in total. The molecule has 0 saturated heterocycles. The van der Waals surface area contributed by atoms with E-state index in [0.717, 1.165) is 4.47 Å². The predicted molar refractivity (Wildman–Crippen MR) is 78.7 cm³/mol. The standard InChI is InChI=1S/C14H15BrN2O3/c1-9-8-12(17-20-9)16-13(18)14(2,3)19-11-6-4-10(15)5-7-11/h4-8H,1-3H3,(H,16,17,18). The highest BCUT2D eigenvalue weighted by molar-refractivity contribution is 9.10. The fourth-order valence-corrected chi connectivity index (χ4v) is 1.80. The Morgan fingerprint density at radius 3 is 2.55 bits per heavy atom. The number of aryl methyl sites for hydroxylation is 1. The van der Waals surface area contributed by atoms with Crippen molar-refractivity contribution in [1.82, 2.24) is 5.16 Å². The summed E-state index contributed by atoms with van der Waals surface area (Å²) in [7, 11) is 0. The van der Waals surface area contributed by atoms with Crippen LogP contribution in [0.5, 0.6) is 5.75 Å². The fraction of sp³-hybridized carbons (Fsp3) is 0.286. The van der Waals surface area contributed by atoms with Gasteiger partial charge in [-0.25, -0.2) is 0 Å². The minimum absolute atomic E-state index is 0.297. The molecule has 2 aromatic rings. The molecule has 0 fully saturated rings. The molecule has 6 heteroatoms. The highest BCUT2D eigenvalue weighted by Crippen LogP contribution is 2.22. The van der Waals surface area contributed by atoms with E-state index >= 15 is 0 Å². The molecular formula is C14H15BrN2O3. The number of halogens is 1. The normalized spacial score (nSPS) is 11.2. The number of hydrogen-bond donors (Lipinski definition) is 1. The van der Waals surface area contributed by atoms with Gasteiger partial charge in [0.25, 0.3) is 5.91 Å². The Hall–Kier alpha value is -1.82. The fourth-order valence-electron chi connectivity index (χ4n) is 1.54. The van der Waals surface area contributed by atoms with Crippen LogP contribution in [0.3, 0.4) is 0 Å². The second-order valence-corrected chi connectivity index (χ2v) is 5.76. The number of anilines is 1. The number of benzene rings is 1. The molecule has 106 valence electrons. The lowest BCUT2D eigenvalue weighted by Gasteiger charge is -2.24. The Morgan fingerprint density at radius 1 is 1.35 bits per heavy atom. The number of aromatic nitrogens is 1. The van der Waals surface area contributed by atoms with Crippen LogP contribution in [0.1, 0.15) is 19.6 Å². The van der Waals surface area contributed by atoms with Gasteiger partial charge in [0.1, 0.15) is 11.5 Å². The number of carbonyl (C=O) groups is 1. The van der Waals surface area contributed by atoms with Gasteiger partial charge in [0, 0.05) is 10.5 Å². The first kappa shape index (κ1) is 14.6. The molecule has 0 atom stereocenters. The maximum absolute atomic E-state index is 12.2. The average molecular weight is 339 g/mol. The lowest BCUT2D eigenvalue weighted by Crippen LogP contribution is -2.42. The van der Waals surface area contributed by atoms with Gasteiger partial charge in [-0.15, -0.1) is 0 Å². The lowest BCUT2D eigenvalue weighted by molar-refractivity contribution is -0.128. The predicted octanol–water partition coefficient (Wildman–Crippen LogP) is 3.54. The van der Waals surface area contributed by atoms with Crippen LogP contribution in [-0.2, 0) is 4.79 Å². The van der Waals surface area contributed by atoms with E-state index in [1.807, 2.05) is 12.1 Å². The molecule has 0 radical (unpaired) electrons. The summed E-state index contributed by atoms with van der Waals surface area (Å²) in [4.78, 5) is 12.2. The van der Waals surface area contributed by atoms with Gasteiger partial charge in [-0.3, -0.25) is 4.79 Å².